The first-order valence-corrected chi connectivity index (χ1v) is 14.3. The van der Waals surface area contributed by atoms with Gasteiger partial charge in [0.1, 0.15) is 28.6 Å². The largest absolute Gasteiger partial charge is 0.477 e. The molecular weight excluding hydrogens is 547 g/mol. The predicted octanol–water partition coefficient (Wildman–Crippen LogP) is 0.979. The van der Waals surface area contributed by atoms with Crippen molar-refractivity contribution in [2.24, 2.45) is 10.9 Å². The lowest BCUT2D eigenvalue weighted by molar-refractivity contribution is -0.150. The number of anilines is 1. The zero-order chi connectivity index (χ0) is 25.8. The van der Waals surface area contributed by atoms with Gasteiger partial charge in [0, 0.05) is 34.1 Å². The van der Waals surface area contributed by atoms with E-state index in [9.17, 15) is 24.7 Å². The zero-order valence-electron chi connectivity index (χ0n) is 18.5. The summed E-state index contributed by atoms with van der Waals surface area (Å²) in [6, 6.07) is 3.49. The summed E-state index contributed by atoms with van der Waals surface area (Å²) in [6.07, 6.45) is 0. The third-order valence-corrected chi connectivity index (χ3v) is 9.56. The van der Waals surface area contributed by atoms with Crippen LogP contribution in [0.25, 0.3) is 0 Å². The molecule has 2 atom stereocenters. The number of oxime groups is 1. The number of hydrogen-bond acceptors (Lipinski definition) is 13. The Hall–Kier alpha value is -2.79. The van der Waals surface area contributed by atoms with Gasteiger partial charge < -0.3 is 27.1 Å². The van der Waals surface area contributed by atoms with Crippen LogP contribution in [0.3, 0.4) is 0 Å². The number of carbonyl (C=O) groups excluding carboxylic acids is 2. The molecule has 0 saturated carbocycles. The number of carboxylic acid groups (broad SMARTS) is 1. The second-order valence-electron chi connectivity index (χ2n) is 7.38. The first-order chi connectivity index (χ1) is 17.3. The van der Waals surface area contributed by atoms with Gasteiger partial charge in [-0.3, -0.25) is 14.5 Å². The topological polar surface area (TPSA) is 197 Å². The molecule has 0 radical (unpaired) electrons. The summed E-state index contributed by atoms with van der Waals surface area (Å²) < 4.78 is 0.683. The molecule has 2 aliphatic heterocycles. The van der Waals surface area contributed by atoms with Gasteiger partial charge in [0.25, 0.3) is 11.8 Å². The number of nitrogens with one attached hydrogen (secondary N) is 1. The highest BCUT2D eigenvalue weighted by Gasteiger charge is 2.54. The molecule has 190 valence electrons. The van der Waals surface area contributed by atoms with Gasteiger partial charge in [-0.1, -0.05) is 23.0 Å². The van der Waals surface area contributed by atoms with Crippen LogP contribution in [0.1, 0.15) is 11.4 Å². The Balaban J connectivity index is 1.47. The molecule has 4 rings (SSSR count). The molecule has 1 unspecified atom stereocenters. The van der Waals surface area contributed by atoms with Gasteiger partial charge in [-0.15, -0.1) is 23.1 Å². The highest BCUT2D eigenvalue weighted by molar-refractivity contribution is 8.07. The van der Waals surface area contributed by atoms with E-state index >= 15 is 0 Å². The number of carboxylic acids is 1. The van der Waals surface area contributed by atoms with Gasteiger partial charge in [-0.25, -0.2) is 14.8 Å². The molecule has 36 heavy (non-hydrogen) atoms. The maximum absolute atomic E-state index is 12.9. The number of rotatable bonds is 10. The summed E-state index contributed by atoms with van der Waals surface area (Å²) in [5.41, 5.74) is 11.5. The summed E-state index contributed by atoms with van der Waals surface area (Å²) in [4.78, 5) is 47.9. The number of aliphatic carboxylic acids is 1. The van der Waals surface area contributed by atoms with Crippen molar-refractivity contribution in [3.05, 3.63) is 45.6 Å². The normalized spacial score (nSPS) is 19.6. The Morgan fingerprint density at radius 2 is 2.14 bits per heavy atom. The third-order valence-electron chi connectivity index (χ3n) is 5.00. The van der Waals surface area contributed by atoms with E-state index in [1.165, 1.54) is 58.0 Å². The highest BCUT2D eigenvalue weighted by atomic mass is 32.2. The Kier molecular flexibility index (Phi) is 8.40. The molecule has 12 nitrogen and oxygen atoms in total. The average Bonchev–Trinajstić information content (AvgIpc) is 3.30. The maximum Gasteiger partial charge on any atom is 0.353 e. The van der Waals surface area contributed by atoms with E-state index in [4.69, 9.17) is 11.5 Å². The van der Waals surface area contributed by atoms with E-state index < -0.39 is 34.9 Å². The van der Waals surface area contributed by atoms with Gasteiger partial charge in [0.05, 0.1) is 5.69 Å². The molecule has 0 aromatic carbocycles. The zero-order valence-corrected chi connectivity index (χ0v) is 21.8. The van der Waals surface area contributed by atoms with Crippen molar-refractivity contribution >= 4 is 75.9 Å². The van der Waals surface area contributed by atoms with E-state index in [-0.39, 0.29) is 17.2 Å². The number of thiazole rings is 1. The molecule has 2 aromatic heterocycles. The van der Waals surface area contributed by atoms with Crippen LogP contribution < -0.4 is 16.8 Å². The fourth-order valence-electron chi connectivity index (χ4n) is 3.44. The highest BCUT2D eigenvalue weighted by Crippen LogP contribution is 2.45. The molecule has 4 heterocycles. The minimum absolute atomic E-state index is 0.0315. The summed E-state index contributed by atoms with van der Waals surface area (Å²) in [6.45, 7) is 0.584. The van der Waals surface area contributed by atoms with E-state index in [2.05, 4.69) is 20.4 Å². The average molecular weight is 568 g/mol. The van der Waals surface area contributed by atoms with E-state index in [0.717, 1.165) is 11.4 Å². The number of carbonyl (C=O) groups is 3. The van der Waals surface area contributed by atoms with Crippen molar-refractivity contribution in [2.45, 2.75) is 21.5 Å². The smallest absolute Gasteiger partial charge is 0.353 e. The minimum Gasteiger partial charge on any atom is -0.477 e. The molecule has 2 aliphatic rings. The predicted molar refractivity (Wildman–Crippen MR) is 140 cm³/mol. The van der Waals surface area contributed by atoms with E-state index in [1.54, 1.807) is 11.8 Å². The minimum atomic E-state index is -1.24. The summed E-state index contributed by atoms with van der Waals surface area (Å²) in [5.74, 6) is -0.669. The number of nitrogens with zero attached hydrogens (tertiary/aromatic N) is 4. The van der Waals surface area contributed by atoms with Gasteiger partial charge in [0.15, 0.2) is 10.1 Å². The van der Waals surface area contributed by atoms with E-state index in [0.29, 0.717) is 27.3 Å². The Bertz CT molecular complexity index is 1250. The lowest BCUT2D eigenvalue weighted by Gasteiger charge is -2.49. The first-order valence-electron chi connectivity index (χ1n) is 10.4. The summed E-state index contributed by atoms with van der Waals surface area (Å²) in [5, 5.41) is 26.0. The van der Waals surface area contributed by atoms with Gasteiger partial charge in [-0.05, 0) is 12.1 Å². The molecule has 16 heteroatoms. The second kappa shape index (κ2) is 11.5. The number of nitrogen functional groups attached to an aromatic ring is 1. The fraction of sp³-hybridized carbons (Fsp3) is 0.300. The van der Waals surface area contributed by atoms with Crippen molar-refractivity contribution < 1.29 is 24.7 Å². The number of β-lactam (4-membered cyclic amide) rings is 1. The van der Waals surface area contributed by atoms with Gasteiger partial charge >= 0.3 is 5.97 Å². The molecular formula is C20H21N7O5S4. The summed E-state index contributed by atoms with van der Waals surface area (Å²) >= 11 is 5.62. The third kappa shape index (κ3) is 5.46. The molecule has 2 amide bonds. The van der Waals surface area contributed by atoms with Gasteiger partial charge in [0.2, 0.25) is 0 Å². The van der Waals surface area contributed by atoms with Gasteiger partial charge in [-0.2, -0.15) is 11.8 Å². The Labute approximate surface area is 222 Å². The van der Waals surface area contributed by atoms with Crippen LogP contribution in [0, 0.1) is 0 Å². The van der Waals surface area contributed by atoms with Crippen LogP contribution in [-0.2, 0) is 20.1 Å². The Morgan fingerprint density at radius 1 is 1.33 bits per heavy atom. The number of fused-ring (bicyclic) bond motifs is 1. The quantitative estimate of drug-likeness (QED) is 0.0898. The van der Waals surface area contributed by atoms with Crippen LogP contribution in [-0.4, -0.2) is 78.1 Å². The van der Waals surface area contributed by atoms with Crippen LogP contribution in [0.15, 0.2) is 43.7 Å². The van der Waals surface area contributed by atoms with E-state index in [1.807, 2.05) is 5.38 Å². The van der Waals surface area contributed by atoms with Crippen LogP contribution in [0.4, 0.5) is 5.82 Å². The SMILES string of the molecule is NCCSCc1csc(SC2=C(C(=O)O)N3C(=O)[C@@H](NC(=O)/C(=N/O)c4cccc(N)n4)C3SC2)n1. The number of amides is 2. The molecule has 0 bridgehead atoms. The van der Waals surface area contributed by atoms with Crippen molar-refractivity contribution in [1.82, 2.24) is 20.2 Å². The van der Waals surface area contributed by atoms with Crippen molar-refractivity contribution in [3.8, 4) is 0 Å². The monoisotopic (exact) mass is 567 g/mol. The van der Waals surface area contributed by atoms with Crippen molar-refractivity contribution in [3.63, 3.8) is 0 Å². The van der Waals surface area contributed by atoms with Crippen molar-refractivity contribution in [2.75, 3.05) is 23.8 Å². The first kappa shape index (κ1) is 26.3. The van der Waals surface area contributed by atoms with Crippen LogP contribution in [0.2, 0.25) is 0 Å². The molecule has 2 aromatic rings. The fourth-order valence-corrected chi connectivity index (χ4v) is 7.69. The number of nitrogens with two attached hydrogens (primary N) is 2. The molecule has 1 saturated heterocycles. The number of pyridine rings is 1. The Morgan fingerprint density at radius 3 is 2.83 bits per heavy atom. The molecule has 1 fully saturated rings. The van der Waals surface area contributed by atoms with Crippen LogP contribution in [0.5, 0.6) is 0 Å². The standard InChI is InChI=1S/C20H21N7O5S4/c21-4-5-33-6-9-7-35-20(23-9)36-11-8-34-18-14(17(29)27(18)15(11)19(30)31)25-16(28)13(26-32)10-2-1-3-12(22)24-10/h1-3,7,14,18,32H,4-6,8,21H2,(H2,22,24)(H,25,28)(H,30,31)/b26-13+/t14-,18?/m1/s1. The molecule has 0 aliphatic carbocycles. The second-order valence-corrected chi connectivity index (χ2v) is 11.8. The molecule has 7 N–H and O–H groups in total. The number of hydrogen-bond donors (Lipinski definition) is 5. The number of thioether (sulfide) groups is 3. The molecule has 0 spiro atoms. The van der Waals surface area contributed by atoms with Crippen molar-refractivity contribution in [1.29, 1.82) is 0 Å². The summed E-state index contributed by atoms with van der Waals surface area (Å²) in [7, 11) is 0. The lowest BCUT2D eigenvalue weighted by atomic mass is 10.0. The maximum atomic E-state index is 12.9. The lowest BCUT2D eigenvalue weighted by Crippen LogP contribution is -2.71. The number of aromatic nitrogens is 2. The van der Waals surface area contributed by atoms with Crippen LogP contribution >= 0.6 is 46.6 Å².